The summed E-state index contributed by atoms with van der Waals surface area (Å²) in [6.07, 6.45) is 0. The van der Waals surface area contributed by atoms with Crippen molar-refractivity contribution in [2.24, 2.45) is 0 Å². The molecule has 2 aromatic rings. The summed E-state index contributed by atoms with van der Waals surface area (Å²) in [5, 5.41) is 5.53. The first-order chi connectivity index (χ1) is 11.3. The third kappa shape index (κ3) is 3.90. The fourth-order valence-corrected chi connectivity index (χ4v) is 2.16. The van der Waals surface area contributed by atoms with E-state index in [4.69, 9.17) is 0 Å². The van der Waals surface area contributed by atoms with Gasteiger partial charge in [-0.15, -0.1) is 0 Å². The van der Waals surface area contributed by atoms with Gasteiger partial charge in [0.1, 0.15) is 5.82 Å². The van der Waals surface area contributed by atoms with Crippen LogP contribution in [-0.2, 0) is 0 Å². The average Bonchev–Trinajstić information content (AvgIpc) is 2.53. The molecule has 0 aromatic heterocycles. The molecule has 0 aliphatic heterocycles. The van der Waals surface area contributed by atoms with Crippen LogP contribution in [0, 0.1) is 19.7 Å². The predicted molar refractivity (Wildman–Crippen MR) is 93.0 cm³/mol. The van der Waals surface area contributed by atoms with E-state index < -0.39 is 11.7 Å². The zero-order valence-corrected chi connectivity index (χ0v) is 14.1. The third-order valence-electron chi connectivity index (χ3n) is 3.67. The van der Waals surface area contributed by atoms with Crippen LogP contribution in [0.1, 0.15) is 21.5 Å². The number of aryl methyl sites for hydroxylation is 1. The minimum Gasteiger partial charge on any atom is -0.331 e. The second-order valence-electron chi connectivity index (χ2n) is 5.72. The van der Waals surface area contributed by atoms with E-state index in [9.17, 15) is 14.0 Å². The van der Waals surface area contributed by atoms with E-state index >= 15 is 0 Å². The number of carbonyl (C=O) groups excluding carboxylic acids is 2. The van der Waals surface area contributed by atoms with Crippen LogP contribution in [0.5, 0.6) is 0 Å². The van der Waals surface area contributed by atoms with Crippen LogP contribution in [0.25, 0.3) is 0 Å². The summed E-state index contributed by atoms with van der Waals surface area (Å²) in [6.45, 7) is 3.54. The van der Waals surface area contributed by atoms with Gasteiger partial charge in [-0.1, -0.05) is 12.1 Å². The van der Waals surface area contributed by atoms with Crippen LogP contribution in [0.15, 0.2) is 36.4 Å². The van der Waals surface area contributed by atoms with Crippen molar-refractivity contribution in [3.8, 4) is 0 Å². The van der Waals surface area contributed by atoms with Crippen molar-refractivity contribution in [3.63, 3.8) is 0 Å². The highest BCUT2D eigenvalue weighted by Gasteiger charge is 2.14. The summed E-state index contributed by atoms with van der Waals surface area (Å²) < 4.78 is 13.4. The number of urea groups is 1. The molecule has 24 heavy (non-hydrogen) atoms. The Morgan fingerprint density at radius 2 is 1.62 bits per heavy atom. The number of carbonyl (C=O) groups is 2. The lowest BCUT2D eigenvalue weighted by Gasteiger charge is -2.16. The molecule has 0 unspecified atom stereocenters. The number of amides is 3. The van der Waals surface area contributed by atoms with Crippen molar-refractivity contribution in [2.45, 2.75) is 13.8 Å². The number of nitrogens with zero attached hydrogens (tertiary/aromatic N) is 1. The first kappa shape index (κ1) is 17.5. The van der Waals surface area contributed by atoms with Gasteiger partial charge in [0, 0.05) is 31.0 Å². The van der Waals surface area contributed by atoms with Gasteiger partial charge < -0.3 is 15.5 Å². The number of hydrogen-bond donors (Lipinski definition) is 2. The van der Waals surface area contributed by atoms with Gasteiger partial charge in [-0.05, 0) is 49.2 Å². The molecule has 0 saturated heterocycles. The van der Waals surface area contributed by atoms with Crippen LogP contribution >= 0.6 is 0 Å². The number of benzene rings is 2. The molecule has 0 heterocycles. The lowest BCUT2D eigenvalue weighted by Crippen LogP contribution is -2.27. The van der Waals surface area contributed by atoms with E-state index in [1.165, 1.54) is 17.0 Å². The largest absolute Gasteiger partial charge is 0.331 e. The Morgan fingerprint density at radius 3 is 2.25 bits per heavy atom. The lowest BCUT2D eigenvalue weighted by molar-refractivity contribution is 0.102. The fraction of sp³-hybridized carbons (Fsp3) is 0.222. The van der Waals surface area contributed by atoms with E-state index in [2.05, 4.69) is 10.6 Å². The summed E-state index contributed by atoms with van der Waals surface area (Å²) in [5.41, 5.74) is 2.83. The van der Waals surface area contributed by atoms with Gasteiger partial charge in [0.05, 0.1) is 0 Å². The van der Waals surface area contributed by atoms with Crippen LogP contribution < -0.4 is 10.6 Å². The monoisotopic (exact) mass is 329 g/mol. The Kier molecular flexibility index (Phi) is 5.18. The van der Waals surface area contributed by atoms with Crippen LogP contribution in [0.3, 0.4) is 0 Å². The standard InChI is InChI=1S/C18H20FN3O2/c1-11-8-9-13(19)10-14(11)17(23)20-15-6-5-7-16(12(15)2)21-18(24)22(3)4/h5-10H,1-4H3,(H,20,23)(H,21,24). The summed E-state index contributed by atoms with van der Waals surface area (Å²) in [6, 6.07) is 9.03. The number of halogens is 1. The van der Waals surface area contributed by atoms with Crippen LogP contribution in [0.2, 0.25) is 0 Å². The summed E-state index contributed by atoms with van der Waals surface area (Å²) in [4.78, 5) is 25.6. The molecule has 0 bridgehead atoms. The van der Waals surface area contributed by atoms with Gasteiger partial charge in [-0.25, -0.2) is 9.18 Å². The maximum atomic E-state index is 13.4. The SMILES string of the molecule is Cc1ccc(F)cc1C(=O)Nc1cccc(NC(=O)N(C)C)c1C. The Bertz CT molecular complexity index is 788. The Morgan fingerprint density at radius 1 is 1.00 bits per heavy atom. The van der Waals surface area contributed by atoms with Crippen molar-refractivity contribution >= 4 is 23.3 Å². The quantitative estimate of drug-likeness (QED) is 0.900. The molecule has 2 N–H and O–H groups in total. The molecule has 0 spiro atoms. The topological polar surface area (TPSA) is 61.4 Å². The lowest BCUT2D eigenvalue weighted by atomic mass is 10.1. The highest BCUT2D eigenvalue weighted by atomic mass is 19.1. The van der Waals surface area contributed by atoms with Crippen molar-refractivity contribution in [1.29, 1.82) is 0 Å². The smallest absolute Gasteiger partial charge is 0.321 e. The molecule has 0 radical (unpaired) electrons. The maximum absolute atomic E-state index is 13.4. The molecule has 6 heteroatoms. The highest BCUT2D eigenvalue weighted by molar-refractivity contribution is 6.06. The van der Waals surface area contributed by atoms with E-state index in [1.54, 1.807) is 52.2 Å². The van der Waals surface area contributed by atoms with Gasteiger partial charge in [0.2, 0.25) is 0 Å². The highest BCUT2D eigenvalue weighted by Crippen LogP contribution is 2.24. The summed E-state index contributed by atoms with van der Waals surface area (Å²) in [7, 11) is 3.28. The van der Waals surface area contributed by atoms with Crippen molar-refractivity contribution < 1.29 is 14.0 Å². The van der Waals surface area contributed by atoms with Gasteiger partial charge in [-0.3, -0.25) is 4.79 Å². The predicted octanol–water partition coefficient (Wildman–Crippen LogP) is 3.79. The molecule has 5 nitrogen and oxygen atoms in total. The third-order valence-corrected chi connectivity index (χ3v) is 3.67. The van der Waals surface area contributed by atoms with Gasteiger partial charge in [0.25, 0.3) is 5.91 Å². The first-order valence-electron chi connectivity index (χ1n) is 7.45. The first-order valence-corrected chi connectivity index (χ1v) is 7.45. The molecule has 126 valence electrons. The molecule has 3 amide bonds. The number of nitrogens with one attached hydrogen (secondary N) is 2. The zero-order chi connectivity index (χ0) is 17.9. The molecular formula is C18H20FN3O2. The summed E-state index contributed by atoms with van der Waals surface area (Å²) >= 11 is 0. The van der Waals surface area contributed by atoms with E-state index in [0.29, 0.717) is 16.9 Å². The normalized spacial score (nSPS) is 10.2. The molecule has 0 aliphatic carbocycles. The van der Waals surface area contributed by atoms with Gasteiger partial charge in [0.15, 0.2) is 0 Å². The minimum absolute atomic E-state index is 0.262. The average molecular weight is 329 g/mol. The van der Waals surface area contributed by atoms with Crippen LogP contribution in [0.4, 0.5) is 20.6 Å². The second kappa shape index (κ2) is 7.12. The van der Waals surface area contributed by atoms with Crippen LogP contribution in [-0.4, -0.2) is 30.9 Å². The van der Waals surface area contributed by atoms with Gasteiger partial charge >= 0.3 is 6.03 Å². The Labute approximate surface area is 140 Å². The summed E-state index contributed by atoms with van der Waals surface area (Å²) in [5.74, 6) is -0.861. The molecule has 0 saturated carbocycles. The van der Waals surface area contributed by atoms with Gasteiger partial charge in [-0.2, -0.15) is 0 Å². The van der Waals surface area contributed by atoms with E-state index in [1.807, 2.05) is 0 Å². The second-order valence-corrected chi connectivity index (χ2v) is 5.72. The Hall–Kier alpha value is -2.89. The molecule has 0 fully saturated rings. The number of anilines is 2. The molecule has 0 aliphatic rings. The number of rotatable bonds is 3. The minimum atomic E-state index is -0.463. The van der Waals surface area contributed by atoms with Crippen molar-refractivity contribution in [1.82, 2.24) is 4.90 Å². The maximum Gasteiger partial charge on any atom is 0.321 e. The molecule has 2 aromatic carbocycles. The zero-order valence-electron chi connectivity index (χ0n) is 14.1. The molecule has 2 rings (SSSR count). The fourth-order valence-electron chi connectivity index (χ4n) is 2.16. The van der Waals surface area contributed by atoms with Crippen molar-refractivity contribution in [3.05, 3.63) is 58.9 Å². The Balaban J connectivity index is 2.25. The number of hydrogen-bond acceptors (Lipinski definition) is 2. The van der Waals surface area contributed by atoms with Crippen molar-refractivity contribution in [2.75, 3.05) is 24.7 Å². The van der Waals surface area contributed by atoms with E-state index in [-0.39, 0.29) is 11.6 Å². The van der Waals surface area contributed by atoms with E-state index in [0.717, 1.165) is 5.56 Å². The molecular weight excluding hydrogens is 309 g/mol. The molecule has 0 atom stereocenters.